The van der Waals surface area contributed by atoms with Crippen LogP contribution in [0.1, 0.15) is 11.1 Å². The fourth-order valence-corrected chi connectivity index (χ4v) is 3.26. The molecule has 0 aliphatic rings. The summed E-state index contributed by atoms with van der Waals surface area (Å²) in [7, 11) is 0. The highest BCUT2D eigenvalue weighted by molar-refractivity contribution is 5.85. The quantitative estimate of drug-likeness (QED) is 0.474. The molecule has 0 fully saturated rings. The fraction of sp³-hybridized carbons (Fsp3) is 0.0526. The highest BCUT2D eigenvalue weighted by atomic mass is 15.5. The van der Waals surface area contributed by atoms with Crippen molar-refractivity contribution in [1.82, 2.24) is 24.4 Å². The molecule has 0 saturated heterocycles. The first-order chi connectivity index (χ1) is 12.3. The molecule has 2 aromatic carbocycles. The average molecular weight is 324 g/mol. The van der Waals surface area contributed by atoms with Gasteiger partial charge in [0.15, 0.2) is 5.65 Å². The van der Waals surface area contributed by atoms with Crippen LogP contribution in [0.3, 0.4) is 0 Å². The van der Waals surface area contributed by atoms with Gasteiger partial charge < -0.3 is 0 Å². The minimum atomic E-state index is 0.573. The molecule has 6 heteroatoms. The van der Waals surface area contributed by atoms with Gasteiger partial charge in [-0.25, -0.2) is 4.98 Å². The van der Waals surface area contributed by atoms with Gasteiger partial charge >= 0.3 is 0 Å². The molecule has 25 heavy (non-hydrogen) atoms. The Hall–Kier alpha value is -3.72. The zero-order valence-electron chi connectivity index (χ0n) is 13.4. The van der Waals surface area contributed by atoms with E-state index in [1.165, 1.54) is 0 Å². The molecular weight excluding hydrogens is 312 g/mol. The van der Waals surface area contributed by atoms with E-state index in [1.807, 2.05) is 65.9 Å². The number of pyridine rings is 1. The largest absolute Gasteiger partial charge is 0.276 e. The summed E-state index contributed by atoms with van der Waals surface area (Å²) in [5.74, 6) is 0.814. The van der Waals surface area contributed by atoms with Gasteiger partial charge in [0.2, 0.25) is 0 Å². The number of nitrogens with zero attached hydrogens (tertiary/aromatic N) is 6. The van der Waals surface area contributed by atoms with E-state index >= 15 is 0 Å². The number of imidazole rings is 1. The van der Waals surface area contributed by atoms with Crippen molar-refractivity contribution in [2.45, 2.75) is 6.92 Å². The molecule has 3 aromatic heterocycles. The third kappa shape index (κ3) is 1.80. The van der Waals surface area contributed by atoms with E-state index in [0.717, 1.165) is 33.4 Å². The molecule has 0 atom stereocenters. The lowest BCUT2D eigenvalue weighted by molar-refractivity contribution is 0.792. The molecule has 0 unspecified atom stereocenters. The second-order valence-electron chi connectivity index (χ2n) is 5.92. The van der Waals surface area contributed by atoms with Crippen molar-refractivity contribution in [3.8, 4) is 11.9 Å². The number of para-hydroxylation sites is 3. The van der Waals surface area contributed by atoms with Gasteiger partial charge in [-0.3, -0.25) is 4.40 Å². The number of aromatic nitrogens is 5. The Balaban J connectivity index is 2.01. The van der Waals surface area contributed by atoms with Crippen LogP contribution < -0.4 is 0 Å². The Morgan fingerprint density at radius 2 is 1.68 bits per heavy atom. The normalized spacial score (nSPS) is 11.4. The van der Waals surface area contributed by atoms with E-state index in [0.29, 0.717) is 11.2 Å². The maximum absolute atomic E-state index is 9.60. The molecule has 3 heterocycles. The summed E-state index contributed by atoms with van der Waals surface area (Å²) in [6, 6.07) is 19.9. The van der Waals surface area contributed by atoms with Gasteiger partial charge in [0.25, 0.3) is 0 Å². The summed E-state index contributed by atoms with van der Waals surface area (Å²) in [5, 5.41) is 18.2. The van der Waals surface area contributed by atoms with Gasteiger partial charge in [-0.05, 0) is 42.8 Å². The summed E-state index contributed by atoms with van der Waals surface area (Å²) in [6.45, 7) is 1.92. The van der Waals surface area contributed by atoms with Gasteiger partial charge in [0, 0.05) is 0 Å². The van der Waals surface area contributed by atoms with Crippen LogP contribution >= 0.6 is 0 Å². The Labute approximate surface area is 142 Å². The van der Waals surface area contributed by atoms with E-state index in [-0.39, 0.29) is 0 Å². The van der Waals surface area contributed by atoms with Gasteiger partial charge in [0.05, 0.1) is 22.1 Å². The number of hydrogen-bond donors (Lipinski definition) is 0. The molecule has 5 aromatic rings. The lowest BCUT2D eigenvalue weighted by atomic mass is 10.1. The smallest absolute Gasteiger partial charge is 0.157 e. The second kappa shape index (κ2) is 4.89. The molecule has 0 saturated carbocycles. The van der Waals surface area contributed by atoms with E-state index < -0.39 is 0 Å². The third-order valence-corrected chi connectivity index (χ3v) is 4.43. The molecule has 5 rings (SSSR count). The Kier molecular flexibility index (Phi) is 2.68. The van der Waals surface area contributed by atoms with Crippen molar-refractivity contribution < 1.29 is 0 Å². The van der Waals surface area contributed by atoms with Crippen molar-refractivity contribution in [1.29, 1.82) is 5.26 Å². The molecule has 0 bridgehead atoms. The SMILES string of the molecule is Cc1cc(-n2nnc3ccccc32)n2c(nc3ccccc32)c1C#N. The summed E-state index contributed by atoms with van der Waals surface area (Å²) in [4.78, 5) is 4.68. The number of rotatable bonds is 1. The summed E-state index contributed by atoms with van der Waals surface area (Å²) in [6.07, 6.45) is 0. The monoisotopic (exact) mass is 324 g/mol. The number of fused-ring (bicyclic) bond motifs is 4. The van der Waals surface area contributed by atoms with Crippen LogP contribution in [0.4, 0.5) is 0 Å². The van der Waals surface area contributed by atoms with Crippen molar-refractivity contribution in [2.75, 3.05) is 0 Å². The Morgan fingerprint density at radius 3 is 2.48 bits per heavy atom. The molecule has 118 valence electrons. The van der Waals surface area contributed by atoms with Crippen molar-refractivity contribution >= 4 is 27.7 Å². The minimum absolute atomic E-state index is 0.573. The summed E-state index contributed by atoms with van der Waals surface area (Å²) >= 11 is 0. The molecule has 0 radical (unpaired) electrons. The van der Waals surface area contributed by atoms with Crippen molar-refractivity contribution in [3.63, 3.8) is 0 Å². The van der Waals surface area contributed by atoms with Gasteiger partial charge in [-0.1, -0.05) is 29.5 Å². The lowest BCUT2D eigenvalue weighted by Crippen LogP contribution is -2.06. The highest BCUT2D eigenvalue weighted by Gasteiger charge is 2.17. The van der Waals surface area contributed by atoms with Gasteiger partial charge in [-0.2, -0.15) is 9.94 Å². The van der Waals surface area contributed by atoms with Crippen LogP contribution in [0, 0.1) is 18.3 Å². The number of benzene rings is 2. The first-order valence-corrected chi connectivity index (χ1v) is 7.89. The van der Waals surface area contributed by atoms with Crippen molar-refractivity contribution in [3.05, 3.63) is 65.7 Å². The first kappa shape index (κ1) is 13.7. The van der Waals surface area contributed by atoms with Crippen LogP contribution in [0.15, 0.2) is 54.6 Å². The fourth-order valence-electron chi connectivity index (χ4n) is 3.26. The van der Waals surface area contributed by atoms with Gasteiger partial charge in [0.1, 0.15) is 17.4 Å². The molecule has 0 amide bonds. The second-order valence-corrected chi connectivity index (χ2v) is 5.92. The van der Waals surface area contributed by atoms with Crippen LogP contribution in [0.2, 0.25) is 0 Å². The van der Waals surface area contributed by atoms with E-state index in [2.05, 4.69) is 21.4 Å². The zero-order chi connectivity index (χ0) is 17.0. The van der Waals surface area contributed by atoms with E-state index in [1.54, 1.807) is 4.68 Å². The molecule has 0 spiro atoms. The predicted octanol–water partition coefficient (Wildman–Crippen LogP) is 3.40. The maximum Gasteiger partial charge on any atom is 0.157 e. The molecule has 0 aliphatic carbocycles. The predicted molar refractivity (Wildman–Crippen MR) is 94.6 cm³/mol. The topological polar surface area (TPSA) is 71.8 Å². The number of hydrogen-bond acceptors (Lipinski definition) is 4. The molecule has 6 nitrogen and oxygen atoms in total. The summed E-state index contributed by atoms with van der Waals surface area (Å²) < 4.78 is 3.77. The van der Waals surface area contributed by atoms with Crippen LogP contribution in [0.5, 0.6) is 0 Å². The van der Waals surface area contributed by atoms with Crippen LogP contribution in [-0.4, -0.2) is 24.4 Å². The third-order valence-electron chi connectivity index (χ3n) is 4.43. The number of nitriles is 1. The van der Waals surface area contributed by atoms with Crippen LogP contribution in [0.25, 0.3) is 33.5 Å². The molecular formula is C19H12N6. The minimum Gasteiger partial charge on any atom is -0.276 e. The Morgan fingerprint density at radius 1 is 0.960 bits per heavy atom. The molecule has 0 aliphatic heterocycles. The van der Waals surface area contributed by atoms with Crippen LogP contribution in [-0.2, 0) is 0 Å². The highest BCUT2D eigenvalue weighted by Crippen LogP contribution is 2.27. The molecule has 0 N–H and O–H groups in total. The average Bonchev–Trinajstić information content (AvgIpc) is 3.23. The zero-order valence-corrected chi connectivity index (χ0v) is 13.4. The van der Waals surface area contributed by atoms with E-state index in [4.69, 9.17) is 0 Å². The Bertz CT molecular complexity index is 1320. The number of aryl methyl sites for hydroxylation is 1. The van der Waals surface area contributed by atoms with Crippen molar-refractivity contribution in [2.24, 2.45) is 0 Å². The van der Waals surface area contributed by atoms with E-state index in [9.17, 15) is 5.26 Å². The first-order valence-electron chi connectivity index (χ1n) is 7.89. The maximum atomic E-state index is 9.60. The lowest BCUT2D eigenvalue weighted by Gasteiger charge is -2.10. The standard InChI is InChI=1S/C19H12N6/c1-12-10-18(25-17-9-5-3-7-15(17)22-23-25)24-16-8-4-2-6-14(16)21-19(24)13(12)11-20/h2-10H,1H3. The van der Waals surface area contributed by atoms with Gasteiger partial charge in [-0.15, -0.1) is 5.10 Å². The summed E-state index contributed by atoms with van der Waals surface area (Å²) in [5.41, 5.74) is 5.58.